The van der Waals surface area contributed by atoms with E-state index in [-0.39, 0.29) is 0 Å². The van der Waals surface area contributed by atoms with E-state index in [0.717, 1.165) is 0 Å². The Bertz CT molecular complexity index is 790. The van der Waals surface area contributed by atoms with Gasteiger partial charge < -0.3 is 0 Å². The molecule has 0 aromatic heterocycles. The molecule has 0 radical (unpaired) electrons. The molecule has 3 aromatic carbocycles. The highest BCUT2D eigenvalue weighted by atomic mass is 14.3. The second-order valence-electron chi connectivity index (χ2n) is 6.19. The predicted octanol–water partition coefficient (Wildman–Crippen LogP) is 5.22. The molecule has 0 N–H and O–H groups in total. The average Bonchev–Trinajstić information content (AvgIpc) is 2.55. The molecule has 100 valence electrons. The fourth-order valence-electron chi connectivity index (χ4n) is 4.20. The third-order valence-corrected chi connectivity index (χ3v) is 5.06. The van der Waals surface area contributed by atoms with Gasteiger partial charge in [-0.2, -0.15) is 0 Å². The molecule has 0 heteroatoms. The van der Waals surface area contributed by atoms with Gasteiger partial charge in [-0.05, 0) is 57.7 Å². The Morgan fingerprint density at radius 1 is 0.524 bits per heavy atom. The quantitative estimate of drug-likeness (QED) is 0.524. The lowest BCUT2D eigenvalue weighted by molar-refractivity contribution is 0.666. The van der Waals surface area contributed by atoms with E-state index in [1.54, 1.807) is 5.56 Å². The fourth-order valence-corrected chi connectivity index (χ4v) is 4.20. The van der Waals surface area contributed by atoms with Gasteiger partial charge in [0, 0.05) is 0 Å². The maximum absolute atomic E-state index is 2.30. The molecule has 0 heterocycles. The van der Waals surface area contributed by atoms with Gasteiger partial charge in [-0.3, -0.25) is 0 Å². The van der Waals surface area contributed by atoms with Crippen LogP contribution in [0.3, 0.4) is 0 Å². The molecule has 0 fully saturated rings. The molecule has 0 aliphatic heterocycles. The van der Waals surface area contributed by atoms with Crippen molar-refractivity contribution in [1.82, 2.24) is 0 Å². The Morgan fingerprint density at radius 3 is 1.57 bits per heavy atom. The van der Waals surface area contributed by atoms with E-state index < -0.39 is 0 Å². The first-order valence-corrected chi connectivity index (χ1v) is 7.71. The molecule has 0 saturated heterocycles. The van der Waals surface area contributed by atoms with E-state index in [0.29, 0.717) is 5.92 Å². The number of rotatable bonds is 0. The molecule has 0 saturated carbocycles. The van der Waals surface area contributed by atoms with Gasteiger partial charge >= 0.3 is 0 Å². The van der Waals surface area contributed by atoms with Crippen LogP contribution >= 0.6 is 0 Å². The Hall–Kier alpha value is -2.34. The highest BCUT2D eigenvalue weighted by Gasteiger charge is 2.31. The number of benzene rings is 3. The van der Waals surface area contributed by atoms with Crippen LogP contribution in [0.5, 0.6) is 0 Å². The first kappa shape index (κ1) is 11.3. The first-order chi connectivity index (χ1) is 10.4. The van der Waals surface area contributed by atoms with Gasteiger partial charge in [-0.1, -0.05) is 66.7 Å². The zero-order valence-corrected chi connectivity index (χ0v) is 11.8. The minimum absolute atomic E-state index is 0.640. The zero-order chi connectivity index (χ0) is 13.8. The van der Waals surface area contributed by atoms with Crippen LogP contribution < -0.4 is 0 Å². The van der Waals surface area contributed by atoms with Crippen LogP contribution in [0.2, 0.25) is 0 Å². The summed E-state index contributed by atoms with van der Waals surface area (Å²) >= 11 is 0. The van der Waals surface area contributed by atoms with Gasteiger partial charge in [-0.25, -0.2) is 0 Å². The maximum Gasteiger partial charge on any atom is -0.00683 e. The molecule has 0 nitrogen and oxygen atoms in total. The minimum Gasteiger partial charge on any atom is -0.0620 e. The van der Waals surface area contributed by atoms with Crippen molar-refractivity contribution in [2.45, 2.75) is 18.8 Å². The van der Waals surface area contributed by atoms with E-state index in [1.807, 2.05) is 0 Å². The van der Waals surface area contributed by atoms with Crippen LogP contribution in [0, 0.1) is 0 Å². The van der Waals surface area contributed by atoms with Gasteiger partial charge in [0.2, 0.25) is 0 Å². The summed E-state index contributed by atoms with van der Waals surface area (Å²) in [5.41, 5.74) is 10.4. The van der Waals surface area contributed by atoms with Crippen LogP contribution in [-0.2, 0) is 12.8 Å². The number of hydrogen-bond donors (Lipinski definition) is 0. The number of fused-ring (bicyclic) bond motifs is 4. The molecule has 0 spiro atoms. The topological polar surface area (TPSA) is 0 Å². The summed E-state index contributed by atoms with van der Waals surface area (Å²) in [6.45, 7) is 0. The Balaban J connectivity index is 1.86. The Kier molecular flexibility index (Phi) is 2.20. The van der Waals surface area contributed by atoms with Crippen molar-refractivity contribution < 1.29 is 0 Å². The SMILES string of the molecule is c1ccc2c(c1)CC1Cc3ccccc3-c3cccc-2c31. The van der Waals surface area contributed by atoms with E-state index in [1.165, 1.54) is 46.2 Å². The second kappa shape index (κ2) is 4.08. The lowest BCUT2D eigenvalue weighted by Gasteiger charge is -2.34. The molecule has 0 unspecified atom stereocenters. The van der Waals surface area contributed by atoms with E-state index in [9.17, 15) is 0 Å². The molecule has 21 heavy (non-hydrogen) atoms. The van der Waals surface area contributed by atoms with Crippen LogP contribution in [-0.4, -0.2) is 0 Å². The molecular weight excluding hydrogens is 252 g/mol. The van der Waals surface area contributed by atoms with Crippen molar-refractivity contribution >= 4 is 0 Å². The van der Waals surface area contributed by atoms with Crippen LogP contribution in [0.25, 0.3) is 22.3 Å². The summed E-state index contributed by atoms with van der Waals surface area (Å²) in [5.74, 6) is 0.640. The van der Waals surface area contributed by atoms with Crippen LogP contribution in [0.4, 0.5) is 0 Å². The van der Waals surface area contributed by atoms with Gasteiger partial charge in [0.1, 0.15) is 0 Å². The molecule has 5 rings (SSSR count). The van der Waals surface area contributed by atoms with Crippen molar-refractivity contribution in [2.75, 3.05) is 0 Å². The molecule has 3 aromatic rings. The molecule has 0 bridgehead atoms. The molecule has 0 amide bonds. The van der Waals surface area contributed by atoms with Crippen molar-refractivity contribution in [1.29, 1.82) is 0 Å². The highest BCUT2D eigenvalue weighted by Crippen LogP contribution is 2.49. The highest BCUT2D eigenvalue weighted by molar-refractivity contribution is 5.85. The monoisotopic (exact) mass is 268 g/mol. The third kappa shape index (κ3) is 1.50. The summed E-state index contributed by atoms with van der Waals surface area (Å²) in [5, 5.41) is 0. The maximum atomic E-state index is 2.30. The third-order valence-electron chi connectivity index (χ3n) is 5.06. The van der Waals surface area contributed by atoms with E-state index >= 15 is 0 Å². The van der Waals surface area contributed by atoms with E-state index in [2.05, 4.69) is 66.7 Å². The fraction of sp³-hybridized carbons (Fsp3) is 0.143. The summed E-state index contributed by atoms with van der Waals surface area (Å²) in [4.78, 5) is 0. The molecule has 2 aliphatic rings. The smallest absolute Gasteiger partial charge is 0.00683 e. The zero-order valence-electron chi connectivity index (χ0n) is 11.8. The van der Waals surface area contributed by atoms with Crippen LogP contribution in [0.1, 0.15) is 22.6 Å². The Labute approximate surface area is 125 Å². The van der Waals surface area contributed by atoms with Crippen molar-refractivity contribution in [3.05, 3.63) is 83.4 Å². The lowest BCUT2D eigenvalue weighted by atomic mass is 9.69. The molecule has 2 aliphatic carbocycles. The van der Waals surface area contributed by atoms with Crippen molar-refractivity contribution in [3.63, 3.8) is 0 Å². The summed E-state index contributed by atoms with van der Waals surface area (Å²) in [6.07, 6.45) is 2.35. The second-order valence-corrected chi connectivity index (χ2v) is 6.19. The summed E-state index contributed by atoms with van der Waals surface area (Å²) in [7, 11) is 0. The molecule has 0 atom stereocenters. The number of hydrogen-bond acceptors (Lipinski definition) is 0. The lowest BCUT2D eigenvalue weighted by Crippen LogP contribution is -2.18. The first-order valence-electron chi connectivity index (χ1n) is 7.71. The normalized spacial score (nSPS) is 15.0. The summed E-state index contributed by atoms with van der Waals surface area (Å²) in [6, 6.07) is 24.6. The minimum atomic E-state index is 0.640. The summed E-state index contributed by atoms with van der Waals surface area (Å²) < 4.78 is 0. The van der Waals surface area contributed by atoms with Crippen molar-refractivity contribution in [2.24, 2.45) is 0 Å². The predicted molar refractivity (Wildman–Crippen MR) is 87.5 cm³/mol. The van der Waals surface area contributed by atoms with Gasteiger partial charge in [0.05, 0.1) is 0 Å². The molecular formula is C21H16. The largest absolute Gasteiger partial charge is 0.0620 e. The van der Waals surface area contributed by atoms with Crippen LogP contribution in [0.15, 0.2) is 66.7 Å². The van der Waals surface area contributed by atoms with E-state index in [4.69, 9.17) is 0 Å². The van der Waals surface area contributed by atoms with Crippen molar-refractivity contribution in [3.8, 4) is 22.3 Å². The Morgan fingerprint density at radius 2 is 1.00 bits per heavy atom. The standard InChI is InChI=1S/C21H16/c1-3-8-17-14(6-1)12-16-13-15-7-2-4-9-18(15)20-11-5-10-19(17)21(16)20/h1-11,16H,12-13H2. The average molecular weight is 268 g/mol. The van der Waals surface area contributed by atoms with Gasteiger partial charge in [0.15, 0.2) is 0 Å². The van der Waals surface area contributed by atoms with Gasteiger partial charge in [-0.15, -0.1) is 0 Å². The van der Waals surface area contributed by atoms with Gasteiger partial charge in [0.25, 0.3) is 0 Å².